The zero-order valence-electron chi connectivity index (χ0n) is 10.5. The Morgan fingerprint density at radius 2 is 1.76 bits per heavy atom. The van der Waals surface area contributed by atoms with E-state index in [4.69, 9.17) is 0 Å². The third kappa shape index (κ3) is 4.56. The lowest BCUT2D eigenvalue weighted by Gasteiger charge is -2.26. The molecule has 1 heterocycles. The number of nitrogens with zero attached hydrogens (tertiary/aromatic N) is 1. The Kier molecular flexibility index (Phi) is 4.82. The van der Waals surface area contributed by atoms with Crippen LogP contribution in [0, 0.1) is 0 Å². The van der Waals surface area contributed by atoms with Crippen LogP contribution in [0.15, 0.2) is 0 Å². The molecule has 17 heavy (non-hydrogen) atoms. The molecule has 0 atom stereocenters. The summed E-state index contributed by atoms with van der Waals surface area (Å²) in [5, 5.41) is 3.59. The van der Waals surface area contributed by atoms with E-state index in [1.165, 1.54) is 25.7 Å². The van der Waals surface area contributed by atoms with Gasteiger partial charge in [0.2, 0.25) is 0 Å². The number of hydrogen-bond acceptors (Lipinski definition) is 4. The molecule has 100 valence electrons. The zero-order valence-corrected chi connectivity index (χ0v) is 11.3. The summed E-state index contributed by atoms with van der Waals surface area (Å²) >= 11 is 0. The first-order valence-corrected chi connectivity index (χ1v) is 8.64. The largest absolute Gasteiger partial charge is 0.314 e. The molecule has 0 radical (unpaired) electrons. The van der Waals surface area contributed by atoms with Gasteiger partial charge in [0, 0.05) is 19.1 Å². The van der Waals surface area contributed by atoms with Gasteiger partial charge in [-0.15, -0.1) is 0 Å². The highest BCUT2D eigenvalue weighted by molar-refractivity contribution is 7.91. The van der Waals surface area contributed by atoms with E-state index in [-0.39, 0.29) is 0 Å². The van der Waals surface area contributed by atoms with E-state index in [0.29, 0.717) is 11.5 Å². The van der Waals surface area contributed by atoms with Crippen LogP contribution < -0.4 is 5.32 Å². The fraction of sp³-hybridized carbons (Fsp3) is 1.00. The zero-order chi connectivity index (χ0) is 12.1. The summed E-state index contributed by atoms with van der Waals surface area (Å²) in [7, 11) is -2.72. The summed E-state index contributed by atoms with van der Waals surface area (Å²) in [6, 6.07) is 0.747. The van der Waals surface area contributed by atoms with Crippen molar-refractivity contribution in [2.75, 3.05) is 37.7 Å². The lowest BCUT2D eigenvalue weighted by Crippen LogP contribution is -2.41. The average Bonchev–Trinajstić information content (AvgIpc) is 2.79. The molecule has 0 bridgehead atoms. The van der Waals surface area contributed by atoms with Gasteiger partial charge in [0.15, 0.2) is 9.84 Å². The van der Waals surface area contributed by atoms with E-state index < -0.39 is 9.84 Å². The third-order valence-electron chi connectivity index (χ3n) is 3.88. The molecule has 1 aliphatic heterocycles. The minimum absolute atomic E-state index is 0.350. The fourth-order valence-corrected chi connectivity index (χ4v) is 3.99. The molecule has 0 aromatic heterocycles. The van der Waals surface area contributed by atoms with Crippen molar-refractivity contribution in [2.24, 2.45) is 0 Å². The van der Waals surface area contributed by atoms with Gasteiger partial charge in [0.1, 0.15) is 0 Å². The van der Waals surface area contributed by atoms with Crippen LogP contribution in [0.3, 0.4) is 0 Å². The summed E-state index contributed by atoms with van der Waals surface area (Å²) in [6.45, 7) is 3.57. The van der Waals surface area contributed by atoms with Crippen LogP contribution >= 0.6 is 0 Å². The Morgan fingerprint density at radius 3 is 2.41 bits per heavy atom. The van der Waals surface area contributed by atoms with Gasteiger partial charge in [0.25, 0.3) is 0 Å². The van der Waals surface area contributed by atoms with Crippen LogP contribution in [0.1, 0.15) is 32.1 Å². The van der Waals surface area contributed by atoms with Crippen molar-refractivity contribution < 1.29 is 8.42 Å². The summed E-state index contributed by atoms with van der Waals surface area (Å²) in [4.78, 5) is 2.28. The Balaban J connectivity index is 1.53. The molecular formula is C12H24N2O2S. The maximum absolute atomic E-state index is 11.3. The van der Waals surface area contributed by atoms with Crippen LogP contribution in [0.25, 0.3) is 0 Å². The van der Waals surface area contributed by atoms with Gasteiger partial charge in [0.05, 0.1) is 11.5 Å². The van der Waals surface area contributed by atoms with Crippen LogP contribution in [-0.4, -0.2) is 57.0 Å². The van der Waals surface area contributed by atoms with Crippen molar-refractivity contribution in [2.45, 2.75) is 38.1 Å². The second-order valence-corrected chi connectivity index (χ2v) is 7.59. The maximum Gasteiger partial charge on any atom is 0.152 e. The fourth-order valence-electron chi connectivity index (χ4n) is 2.71. The lowest BCUT2D eigenvalue weighted by atomic mass is 10.2. The Morgan fingerprint density at radius 1 is 1.12 bits per heavy atom. The smallest absolute Gasteiger partial charge is 0.152 e. The van der Waals surface area contributed by atoms with Crippen LogP contribution in [0.2, 0.25) is 0 Å². The van der Waals surface area contributed by atoms with Crippen molar-refractivity contribution >= 4 is 9.84 Å². The number of hydrogen-bond donors (Lipinski definition) is 1. The highest BCUT2D eigenvalue weighted by Gasteiger charge is 2.21. The van der Waals surface area contributed by atoms with E-state index >= 15 is 0 Å². The first-order valence-electron chi connectivity index (χ1n) is 6.82. The second kappa shape index (κ2) is 6.16. The average molecular weight is 260 g/mol. The monoisotopic (exact) mass is 260 g/mol. The Labute approximate surface area is 105 Å². The molecule has 1 saturated heterocycles. The molecule has 4 nitrogen and oxygen atoms in total. The summed E-state index contributed by atoms with van der Waals surface area (Å²) < 4.78 is 22.5. The number of nitrogens with one attached hydrogen (secondary N) is 1. The van der Waals surface area contributed by atoms with E-state index in [2.05, 4.69) is 10.2 Å². The quantitative estimate of drug-likeness (QED) is 0.737. The highest BCUT2D eigenvalue weighted by Crippen LogP contribution is 2.17. The van der Waals surface area contributed by atoms with Gasteiger partial charge in [-0.1, -0.05) is 12.8 Å². The predicted octanol–water partition coefficient (Wildman–Crippen LogP) is 0.639. The van der Waals surface area contributed by atoms with Crippen molar-refractivity contribution in [3.63, 3.8) is 0 Å². The van der Waals surface area contributed by atoms with Gasteiger partial charge in [-0.25, -0.2) is 8.42 Å². The van der Waals surface area contributed by atoms with Crippen molar-refractivity contribution in [3.8, 4) is 0 Å². The van der Waals surface area contributed by atoms with Gasteiger partial charge in [-0.2, -0.15) is 0 Å². The molecule has 0 aromatic rings. The lowest BCUT2D eigenvalue weighted by molar-refractivity contribution is 0.288. The summed E-state index contributed by atoms with van der Waals surface area (Å²) in [5.41, 5.74) is 0. The van der Waals surface area contributed by atoms with Gasteiger partial charge >= 0.3 is 0 Å². The minimum Gasteiger partial charge on any atom is -0.314 e. The molecule has 1 saturated carbocycles. The van der Waals surface area contributed by atoms with Crippen molar-refractivity contribution in [1.82, 2.24) is 10.2 Å². The molecule has 2 aliphatic rings. The summed E-state index contributed by atoms with van der Waals surface area (Å²) in [6.07, 6.45) is 6.56. The highest BCUT2D eigenvalue weighted by atomic mass is 32.2. The first-order chi connectivity index (χ1) is 8.16. The van der Waals surface area contributed by atoms with E-state index in [0.717, 1.165) is 38.6 Å². The van der Waals surface area contributed by atoms with E-state index in [1.54, 1.807) is 0 Å². The first kappa shape index (κ1) is 13.3. The molecular weight excluding hydrogens is 236 g/mol. The van der Waals surface area contributed by atoms with E-state index in [9.17, 15) is 8.42 Å². The Bertz CT molecular complexity index is 309. The molecule has 0 spiro atoms. The standard InChI is InChI=1S/C12H24N2O2S/c15-17(16)10-8-14(9-11-17)7-3-6-13-12-4-1-2-5-12/h12-13H,1-11H2. The summed E-state index contributed by atoms with van der Waals surface area (Å²) in [5.74, 6) is 0.701. The van der Waals surface area contributed by atoms with Crippen molar-refractivity contribution in [1.29, 1.82) is 0 Å². The van der Waals surface area contributed by atoms with Crippen LogP contribution in [0.4, 0.5) is 0 Å². The van der Waals surface area contributed by atoms with Crippen LogP contribution in [-0.2, 0) is 9.84 Å². The maximum atomic E-state index is 11.3. The SMILES string of the molecule is O=S1(=O)CCN(CCCNC2CCCC2)CC1. The number of sulfone groups is 1. The van der Waals surface area contributed by atoms with E-state index in [1.807, 2.05) is 0 Å². The molecule has 0 unspecified atom stereocenters. The molecule has 0 amide bonds. The third-order valence-corrected chi connectivity index (χ3v) is 5.49. The predicted molar refractivity (Wildman–Crippen MR) is 70.0 cm³/mol. The molecule has 0 aromatic carbocycles. The molecule has 2 rings (SSSR count). The topological polar surface area (TPSA) is 49.4 Å². The van der Waals surface area contributed by atoms with Gasteiger partial charge in [-0.05, 0) is 32.4 Å². The second-order valence-electron chi connectivity index (χ2n) is 5.28. The van der Waals surface area contributed by atoms with Gasteiger partial charge < -0.3 is 10.2 Å². The molecule has 1 aliphatic carbocycles. The normalized spacial score (nSPS) is 26.4. The van der Waals surface area contributed by atoms with Gasteiger partial charge in [-0.3, -0.25) is 0 Å². The Hall–Kier alpha value is -0.130. The molecule has 5 heteroatoms. The number of rotatable bonds is 5. The minimum atomic E-state index is -2.72. The molecule has 1 N–H and O–H groups in total. The van der Waals surface area contributed by atoms with Crippen molar-refractivity contribution in [3.05, 3.63) is 0 Å². The molecule has 2 fully saturated rings. The van der Waals surface area contributed by atoms with Crippen LogP contribution in [0.5, 0.6) is 0 Å².